The van der Waals surface area contributed by atoms with Crippen molar-refractivity contribution >= 4 is 17.3 Å². The summed E-state index contributed by atoms with van der Waals surface area (Å²) in [6.07, 6.45) is 4.32. The zero-order valence-electron chi connectivity index (χ0n) is 11.5. The number of nitrogens with zero attached hydrogens (tertiary/aromatic N) is 1. The van der Waals surface area contributed by atoms with Crippen molar-refractivity contribution in [3.63, 3.8) is 0 Å². The van der Waals surface area contributed by atoms with Crippen molar-refractivity contribution in [2.75, 3.05) is 5.73 Å². The quantitative estimate of drug-likeness (QED) is 0.503. The van der Waals surface area contributed by atoms with Crippen LogP contribution in [0.4, 0.5) is 11.4 Å². The molecule has 0 bridgehead atoms. The van der Waals surface area contributed by atoms with Crippen LogP contribution in [0.1, 0.15) is 43.0 Å². The van der Waals surface area contributed by atoms with Crippen LogP contribution in [0.25, 0.3) is 0 Å². The number of rotatable bonds is 3. The molecule has 1 aliphatic rings. The third kappa shape index (κ3) is 3.07. The van der Waals surface area contributed by atoms with Crippen LogP contribution in [0.15, 0.2) is 18.2 Å². The van der Waals surface area contributed by atoms with Gasteiger partial charge in [-0.3, -0.25) is 14.9 Å². The highest BCUT2D eigenvalue weighted by Gasteiger charge is 2.24. The molecule has 108 valence electrons. The molecule has 6 heteroatoms. The van der Waals surface area contributed by atoms with E-state index in [9.17, 15) is 14.9 Å². The number of carbonyl (C=O) groups excluding carboxylic acids is 1. The standard InChI is InChI=1S/C14H19N3O3/c1-9-4-2-3-5-13(9)16-14(18)11-8-10(17(19)20)6-7-12(11)15/h6-9,13H,2-5,15H2,1H3,(H,16,18). The lowest BCUT2D eigenvalue weighted by Crippen LogP contribution is -2.41. The van der Waals surface area contributed by atoms with Crippen molar-refractivity contribution in [1.82, 2.24) is 5.32 Å². The number of non-ortho nitro benzene ring substituents is 1. The molecule has 2 rings (SSSR count). The number of benzene rings is 1. The fourth-order valence-corrected chi connectivity index (χ4v) is 2.63. The molecule has 1 saturated carbocycles. The third-order valence-electron chi connectivity index (χ3n) is 3.92. The molecule has 0 spiro atoms. The predicted molar refractivity (Wildman–Crippen MR) is 76.4 cm³/mol. The maximum absolute atomic E-state index is 12.2. The minimum atomic E-state index is -0.528. The Morgan fingerprint density at radius 1 is 1.40 bits per heavy atom. The lowest BCUT2D eigenvalue weighted by Gasteiger charge is -2.29. The second-order valence-corrected chi connectivity index (χ2v) is 5.37. The molecule has 1 aromatic carbocycles. The number of nitrogens with two attached hydrogens (primary N) is 1. The topological polar surface area (TPSA) is 98.3 Å². The van der Waals surface area contributed by atoms with Gasteiger partial charge < -0.3 is 11.1 Å². The first-order valence-electron chi connectivity index (χ1n) is 6.84. The molecule has 1 amide bonds. The van der Waals surface area contributed by atoms with Gasteiger partial charge in [0, 0.05) is 23.9 Å². The molecule has 0 aromatic heterocycles. The number of nitrogens with one attached hydrogen (secondary N) is 1. The van der Waals surface area contributed by atoms with Gasteiger partial charge in [-0.15, -0.1) is 0 Å². The molecule has 1 aromatic rings. The summed E-state index contributed by atoms with van der Waals surface area (Å²) in [5, 5.41) is 13.7. The van der Waals surface area contributed by atoms with Crippen molar-refractivity contribution in [3.05, 3.63) is 33.9 Å². The van der Waals surface area contributed by atoms with E-state index in [2.05, 4.69) is 12.2 Å². The molecule has 1 fully saturated rings. The van der Waals surface area contributed by atoms with E-state index in [4.69, 9.17) is 5.73 Å². The van der Waals surface area contributed by atoms with Gasteiger partial charge in [-0.1, -0.05) is 19.8 Å². The normalized spacial score (nSPS) is 22.2. The van der Waals surface area contributed by atoms with Crippen molar-refractivity contribution in [2.45, 2.75) is 38.6 Å². The number of nitro benzene ring substituents is 1. The number of anilines is 1. The lowest BCUT2D eigenvalue weighted by molar-refractivity contribution is -0.384. The summed E-state index contributed by atoms with van der Waals surface area (Å²) in [4.78, 5) is 22.5. The largest absolute Gasteiger partial charge is 0.398 e. The summed E-state index contributed by atoms with van der Waals surface area (Å²) in [7, 11) is 0. The van der Waals surface area contributed by atoms with E-state index in [1.807, 2.05) is 0 Å². The molecule has 2 unspecified atom stereocenters. The molecule has 0 radical (unpaired) electrons. The van der Waals surface area contributed by atoms with Gasteiger partial charge in [0.15, 0.2) is 0 Å². The van der Waals surface area contributed by atoms with Gasteiger partial charge in [0.1, 0.15) is 0 Å². The average molecular weight is 277 g/mol. The number of hydrogen-bond acceptors (Lipinski definition) is 4. The Labute approximate surface area is 117 Å². The zero-order chi connectivity index (χ0) is 14.7. The number of nitrogen functional groups attached to an aromatic ring is 1. The van der Waals surface area contributed by atoms with Crippen LogP contribution >= 0.6 is 0 Å². The Morgan fingerprint density at radius 3 is 2.75 bits per heavy atom. The molecular formula is C14H19N3O3. The Bertz CT molecular complexity index is 530. The first-order chi connectivity index (χ1) is 9.49. The molecule has 0 saturated heterocycles. The summed E-state index contributed by atoms with van der Waals surface area (Å²) in [5.41, 5.74) is 6.06. The minimum Gasteiger partial charge on any atom is -0.398 e. The smallest absolute Gasteiger partial charge is 0.270 e. The first-order valence-corrected chi connectivity index (χ1v) is 6.84. The summed E-state index contributed by atoms with van der Waals surface area (Å²) in [6.45, 7) is 2.11. The van der Waals surface area contributed by atoms with E-state index >= 15 is 0 Å². The second kappa shape index (κ2) is 5.90. The Morgan fingerprint density at radius 2 is 2.10 bits per heavy atom. The lowest BCUT2D eigenvalue weighted by atomic mass is 9.86. The third-order valence-corrected chi connectivity index (χ3v) is 3.92. The molecule has 0 heterocycles. The predicted octanol–water partition coefficient (Wildman–Crippen LogP) is 2.49. The zero-order valence-corrected chi connectivity index (χ0v) is 11.5. The van der Waals surface area contributed by atoms with Crippen molar-refractivity contribution < 1.29 is 9.72 Å². The van der Waals surface area contributed by atoms with Gasteiger partial charge in [-0.05, 0) is 24.8 Å². The monoisotopic (exact) mass is 277 g/mol. The fraction of sp³-hybridized carbons (Fsp3) is 0.500. The van der Waals surface area contributed by atoms with Crippen LogP contribution in [-0.4, -0.2) is 16.9 Å². The van der Waals surface area contributed by atoms with E-state index in [1.54, 1.807) is 0 Å². The molecule has 1 aliphatic carbocycles. The van der Waals surface area contributed by atoms with Crippen molar-refractivity contribution in [1.29, 1.82) is 0 Å². The Balaban J connectivity index is 2.16. The average Bonchev–Trinajstić information content (AvgIpc) is 2.41. The van der Waals surface area contributed by atoms with Crippen LogP contribution in [0.2, 0.25) is 0 Å². The van der Waals surface area contributed by atoms with Gasteiger partial charge in [-0.25, -0.2) is 0 Å². The van der Waals surface area contributed by atoms with Gasteiger partial charge in [0.25, 0.3) is 11.6 Å². The highest BCUT2D eigenvalue weighted by molar-refractivity contribution is 5.99. The number of carbonyl (C=O) groups is 1. The summed E-state index contributed by atoms with van der Waals surface area (Å²) < 4.78 is 0. The molecular weight excluding hydrogens is 258 g/mol. The van der Waals surface area contributed by atoms with Gasteiger partial charge in [0.05, 0.1) is 10.5 Å². The van der Waals surface area contributed by atoms with E-state index < -0.39 is 4.92 Å². The maximum Gasteiger partial charge on any atom is 0.270 e. The number of hydrogen-bond donors (Lipinski definition) is 2. The number of nitro groups is 1. The minimum absolute atomic E-state index is 0.120. The first kappa shape index (κ1) is 14.3. The Kier molecular flexibility index (Phi) is 4.22. The highest BCUT2D eigenvalue weighted by atomic mass is 16.6. The van der Waals surface area contributed by atoms with Gasteiger partial charge in [-0.2, -0.15) is 0 Å². The summed E-state index contributed by atoms with van der Waals surface area (Å²) in [5.74, 6) is 0.0950. The van der Waals surface area contributed by atoms with Crippen LogP contribution < -0.4 is 11.1 Å². The second-order valence-electron chi connectivity index (χ2n) is 5.37. The van der Waals surface area contributed by atoms with Crippen LogP contribution in [0, 0.1) is 16.0 Å². The molecule has 3 N–H and O–H groups in total. The molecule has 20 heavy (non-hydrogen) atoms. The van der Waals surface area contributed by atoms with Crippen LogP contribution in [-0.2, 0) is 0 Å². The fourth-order valence-electron chi connectivity index (χ4n) is 2.63. The highest BCUT2D eigenvalue weighted by Crippen LogP contribution is 2.25. The number of amides is 1. The van der Waals surface area contributed by atoms with Crippen LogP contribution in [0.5, 0.6) is 0 Å². The maximum atomic E-state index is 12.2. The molecule has 0 aliphatic heterocycles. The molecule has 6 nitrogen and oxygen atoms in total. The molecule has 2 atom stereocenters. The van der Waals surface area contributed by atoms with E-state index in [0.717, 1.165) is 19.3 Å². The van der Waals surface area contributed by atoms with Crippen molar-refractivity contribution in [2.24, 2.45) is 5.92 Å². The van der Waals surface area contributed by atoms with E-state index in [-0.39, 0.29) is 28.9 Å². The van der Waals surface area contributed by atoms with Crippen molar-refractivity contribution in [3.8, 4) is 0 Å². The SMILES string of the molecule is CC1CCCCC1NC(=O)c1cc([N+](=O)[O-])ccc1N. The van der Waals surface area contributed by atoms with Gasteiger partial charge in [0.2, 0.25) is 0 Å². The van der Waals surface area contributed by atoms with E-state index in [1.165, 1.54) is 24.6 Å². The van der Waals surface area contributed by atoms with Crippen LogP contribution in [0.3, 0.4) is 0 Å². The Hall–Kier alpha value is -2.11. The van der Waals surface area contributed by atoms with E-state index in [0.29, 0.717) is 5.92 Å². The van der Waals surface area contributed by atoms with Gasteiger partial charge >= 0.3 is 0 Å². The summed E-state index contributed by atoms with van der Waals surface area (Å²) >= 11 is 0. The summed E-state index contributed by atoms with van der Waals surface area (Å²) in [6, 6.07) is 4.06.